The topological polar surface area (TPSA) is 317 Å². The van der Waals surface area contributed by atoms with Gasteiger partial charge in [0.2, 0.25) is 5.79 Å². The highest BCUT2D eigenvalue weighted by Gasteiger charge is 2.78. The second-order valence-corrected chi connectivity index (χ2v) is 18.2. The highest BCUT2D eigenvalue weighted by atomic mass is 32.7. The Morgan fingerprint density at radius 3 is 2.38 bits per heavy atom. The van der Waals surface area contributed by atoms with Gasteiger partial charge < -0.3 is 59.1 Å². The molecule has 2 saturated heterocycles. The third-order valence-corrected chi connectivity index (χ3v) is 13.0. The molecule has 0 radical (unpaired) electrons. The Hall–Kier alpha value is -3.25. The van der Waals surface area contributed by atoms with Gasteiger partial charge in [0.05, 0.1) is 18.2 Å². The van der Waals surface area contributed by atoms with Crippen LogP contribution in [0.15, 0.2) is 12.5 Å². The molecule has 2 aromatic heterocycles. The lowest BCUT2D eigenvalue weighted by Crippen LogP contribution is -2.67. The van der Waals surface area contributed by atoms with Crippen LogP contribution in [0.1, 0.15) is 46.3 Å². The molecule has 56 heavy (non-hydrogen) atoms. The maximum absolute atomic E-state index is 13.4. The van der Waals surface area contributed by atoms with Gasteiger partial charge in [0, 0.05) is 39.5 Å². The number of anilines is 1. The van der Waals surface area contributed by atoms with Gasteiger partial charge in [0.1, 0.15) is 66.4 Å². The molecule has 13 atom stereocenters. The van der Waals surface area contributed by atoms with Crippen LogP contribution in [0.4, 0.5) is 5.82 Å². The lowest BCUT2D eigenvalue weighted by atomic mass is 9.85. The molecule has 0 amide bonds. The number of nitrogens with two attached hydrogens (primary N) is 1. The zero-order chi connectivity index (χ0) is 41.7. The second-order valence-electron chi connectivity index (χ2n) is 13.7. The third-order valence-electron chi connectivity index (χ3n) is 9.35. The van der Waals surface area contributed by atoms with Crippen molar-refractivity contribution in [3.63, 3.8) is 0 Å². The fraction of sp³-hybridized carbons (Fsp3) is 0.667. The van der Waals surface area contributed by atoms with Gasteiger partial charge >= 0.3 is 38.5 Å². The summed E-state index contributed by atoms with van der Waals surface area (Å²) in [4.78, 5) is 71.7. The van der Waals surface area contributed by atoms with Crippen LogP contribution in [0.3, 0.4) is 0 Å². The highest BCUT2D eigenvalue weighted by molar-refractivity contribution is 8.45. The molecule has 0 spiro atoms. The van der Waals surface area contributed by atoms with Crippen molar-refractivity contribution in [2.24, 2.45) is 11.8 Å². The van der Waals surface area contributed by atoms with Crippen LogP contribution in [0.2, 0.25) is 0 Å². The summed E-state index contributed by atoms with van der Waals surface area (Å²) in [5.74, 6) is -9.16. The number of H-pyrrole nitrogens is 1. The maximum Gasteiger partial charge on any atom is 0.482 e. The molecule has 0 bridgehead atoms. The zero-order valence-electron chi connectivity index (χ0n) is 31.0. The quantitative estimate of drug-likeness (QED) is 0.0615. The number of phosphoric ester groups is 1. The Kier molecular flexibility index (Phi) is 12.7. The van der Waals surface area contributed by atoms with E-state index in [0.29, 0.717) is 16.6 Å². The monoisotopic (exact) mass is 855 g/mol. The zero-order valence-corrected chi connectivity index (χ0v) is 33.7. The van der Waals surface area contributed by atoms with E-state index in [2.05, 4.69) is 27.2 Å². The SMILES string of the molecule is CC(=O)OC[C@H](OC(C)=O)C1C(OC(C)=O)C(O)C2C(OP(=O)(O)OP(=O)(S)OC[C@H]3O[C@@H](c4c[nH]c5c(N)ncnc45)[C@](C)(O)[C@@H]3N(C)C)OC21OC(C)=O. The number of nitrogens with one attached hydrogen (secondary N) is 1. The van der Waals surface area contributed by atoms with Crippen molar-refractivity contribution in [3.8, 4) is 0 Å². The highest BCUT2D eigenvalue weighted by Crippen LogP contribution is 2.69. The smallest absolute Gasteiger partial charge is 0.462 e. The molecule has 8 unspecified atom stereocenters. The average molecular weight is 856 g/mol. The van der Waals surface area contributed by atoms with Gasteiger partial charge in [-0.25, -0.2) is 19.1 Å². The van der Waals surface area contributed by atoms with E-state index < -0.39 is 118 Å². The number of nitrogens with zero attached hydrogens (tertiary/aromatic N) is 3. The lowest BCUT2D eigenvalue weighted by molar-refractivity contribution is -0.426. The predicted octanol–water partition coefficient (Wildman–Crippen LogP) is 0.498. The molecule has 2 aliphatic heterocycles. The van der Waals surface area contributed by atoms with E-state index in [1.807, 2.05) is 0 Å². The molecule has 0 aromatic carbocycles. The minimum atomic E-state index is -5.55. The fourth-order valence-corrected chi connectivity index (χ4v) is 10.8. The van der Waals surface area contributed by atoms with Crippen LogP contribution in [-0.2, 0) is 70.1 Å². The molecule has 3 fully saturated rings. The normalized spacial score (nSPS) is 33.8. The number of thiol groups is 1. The van der Waals surface area contributed by atoms with Gasteiger partial charge in [-0.2, -0.15) is 4.31 Å². The van der Waals surface area contributed by atoms with Crippen LogP contribution in [0, 0.1) is 11.8 Å². The second kappa shape index (κ2) is 16.2. The minimum Gasteiger partial charge on any atom is -0.462 e. The van der Waals surface area contributed by atoms with Gasteiger partial charge in [-0.1, -0.05) is 12.2 Å². The minimum absolute atomic E-state index is 0.160. The summed E-state index contributed by atoms with van der Waals surface area (Å²) in [6.45, 7) is -0.657. The molecular weight excluding hydrogens is 812 g/mol. The van der Waals surface area contributed by atoms with E-state index >= 15 is 0 Å². The van der Waals surface area contributed by atoms with Crippen molar-refractivity contribution >= 4 is 67.6 Å². The van der Waals surface area contributed by atoms with Gasteiger partial charge in [-0.3, -0.25) is 28.2 Å². The van der Waals surface area contributed by atoms with Gasteiger partial charge in [0.25, 0.3) is 0 Å². The Balaban J connectivity index is 1.33. The first kappa shape index (κ1) is 43.9. The van der Waals surface area contributed by atoms with Crippen LogP contribution in [-0.4, -0.2) is 134 Å². The molecule has 23 nitrogen and oxygen atoms in total. The van der Waals surface area contributed by atoms with Crippen LogP contribution in [0.25, 0.3) is 11.0 Å². The first-order valence-corrected chi connectivity index (χ1v) is 20.9. The number of aromatic nitrogens is 3. The predicted molar refractivity (Wildman–Crippen MR) is 189 cm³/mol. The first-order valence-electron chi connectivity index (χ1n) is 16.8. The van der Waals surface area contributed by atoms with Crippen molar-refractivity contribution < 1.29 is 85.2 Å². The maximum atomic E-state index is 13.4. The van der Waals surface area contributed by atoms with Crippen LogP contribution >= 0.6 is 26.9 Å². The van der Waals surface area contributed by atoms with E-state index in [9.17, 15) is 43.4 Å². The Bertz CT molecular complexity index is 1950. The number of nitrogen functional groups attached to an aromatic ring is 1. The molecule has 1 aliphatic carbocycles. The average Bonchev–Trinajstić information content (AvgIpc) is 3.63. The molecule has 26 heteroatoms. The molecule has 1 saturated carbocycles. The lowest BCUT2D eigenvalue weighted by Gasteiger charge is -2.52. The third kappa shape index (κ3) is 8.76. The molecule has 312 valence electrons. The fourth-order valence-electron chi connectivity index (χ4n) is 7.64. The largest absolute Gasteiger partial charge is 0.482 e. The Morgan fingerprint density at radius 1 is 1.11 bits per heavy atom. The summed E-state index contributed by atoms with van der Waals surface area (Å²) in [6.07, 6.45) is -6.48. The van der Waals surface area contributed by atoms with Crippen LogP contribution < -0.4 is 5.73 Å². The number of rotatable bonds is 15. The number of likely N-dealkylation sites (N-methyl/N-ethyl adjacent to an activating group) is 1. The van der Waals surface area contributed by atoms with E-state index in [1.165, 1.54) is 13.3 Å². The molecular formula is C30H43N5O18P2S. The number of hydrogen-bond acceptors (Lipinski definition) is 21. The van der Waals surface area contributed by atoms with Crippen LogP contribution in [0.5, 0.6) is 0 Å². The number of fused-ring (bicyclic) bond motifs is 2. The van der Waals surface area contributed by atoms with Gasteiger partial charge in [0.15, 0.2) is 12.1 Å². The van der Waals surface area contributed by atoms with Crippen molar-refractivity contribution in [2.75, 3.05) is 33.0 Å². The Morgan fingerprint density at radius 2 is 1.79 bits per heavy atom. The van der Waals surface area contributed by atoms with E-state index in [-0.39, 0.29) is 5.82 Å². The molecule has 6 N–H and O–H groups in total. The number of carbonyl (C=O) groups is 4. The number of aliphatic hydroxyl groups is 2. The first-order chi connectivity index (χ1) is 25.9. The van der Waals surface area contributed by atoms with E-state index in [0.717, 1.165) is 27.7 Å². The van der Waals surface area contributed by atoms with E-state index in [1.54, 1.807) is 25.2 Å². The molecule has 3 aliphatic rings. The summed E-state index contributed by atoms with van der Waals surface area (Å²) >= 11 is 3.83. The summed E-state index contributed by atoms with van der Waals surface area (Å²) in [6, 6.07) is -0.835. The van der Waals surface area contributed by atoms with Gasteiger partial charge in [-0.15, -0.1) is 0 Å². The number of aliphatic hydroxyl groups excluding tert-OH is 1. The van der Waals surface area contributed by atoms with E-state index in [4.69, 9.17) is 47.5 Å². The molecule has 4 heterocycles. The summed E-state index contributed by atoms with van der Waals surface area (Å²) in [5.41, 5.74) is 5.53. The number of phosphoric acid groups is 1. The summed E-state index contributed by atoms with van der Waals surface area (Å²) < 4.78 is 74.9. The standard InChI is InChI=1S/C30H43N5O18P2S/c1-12(36)45-9-17(47-13(2)37)19-24(48-14(3)38)23(40)20-28(51-30(19,20)50-15(4)39)52-54(42,43)53-55(44,56)46-10-18-25(35(6)7)29(5,41)26(49-18)16-8-32-22-21(16)33-11-34-27(22)31/h8,11,17-20,23-26,28,32,40-41H,9-10H2,1-7H3,(H,42,43)(H,44,56)(H2,31,33,34)/t17-,18+,19?,20?,23?,24?,25+,26-,28?,29+,30?,55?/m0/s1. The number of carbonyl (C=O) groups excluding carboxylic acids is 4. The van der Waals surface area contributed by atoms with Gasteiger partial charge in [-0.05, 0) is 21.0 Å². The number of ether oxygens (including phenoxy) is 6. The molecule has 5 rings (SSSR count). The number of hydrogen-bond donors (Lipinski definition) is 6. The van der Waals surface area contributed by atoms with Crippen molar-refractivity contribution in [3.05, 3.63) is 18.1 Å². The van der Waals surface area contributed by atoms with Crippen molar-refractivity contribution in [2.45, 2.75) is 88.9 Å². The van der Waals surface area contributed by atoms with Crippen molar-refractivity contribution in [1.82, 2.24) is 19.9 Å². The Labute approximate surface area is 324 Å². The number of esters is 4. The summed E-state index contributed by atoms with van der Waals surface area (Å²) in [5, 5.41) is 23.1. The van der Waals surface area contributed by atoms with Crippen molar-refractivity contribution in [1.29, 1.82) is 0 Å². The number of aromatic amines is 1. The molecule has 2 aromatic rings. The summed E-state index contributed by atoms with van der Waals surface area (Å²) in [7, 11) is -2.26.